The molecular formula is C27H37N7O4. The van der Waals surface area contributed by atoms with Crippen LogP contribution in [0.3, 0.4) is 0 Å². The predicted octanol–water partition coefficient (Wildman–Crippen LogP) is 2.17. The van der Waals surface area contributed by atoms with Crippen molar-refractivity contribution in [3.05, 3.63) is 35.0 Å². The van der Waals surface area contributed by atoms with E-state index in [1.165, 1.54) is 0 Å². The standard InChI is InChI=1S/C27H37N7O4/c1-3-4-11-38-27-30-22-20(32-33-23(22)25(28)31-27)13-18-6-5-16(12-21(18)37-2)14-34-10-9-19(15-34)29-26(36)24(35)17-7-8-17/h5-6,12,17,19,24,35H,3-4,7-11,13-15H2,1-2H3,(H,29,36)(H,32,33)(H2,28,30,31)/t19-,24?/m0/s1. The molecule has 1 saturated carbocycles. The number of unbranched alkanes of at least 4 members (excludes halogenated alkanes) is 1. The van der Waals surface area contributed by atoms with Gasteiger partial charge in [0.25, 0.3) is 0 Å². The van der Waals surface area contributed by atoms with E-state index in [0.717, 1.165) is 74.3 Å². The van der Waals surface area contributed by atoms with E-state index in [1.807, 2.05) is 0 Å². The van der Waals surface area contributed by atoms with E-state index in [0.29, 0.717) is 24.1 Å². The number of aromatic amines is 1. The van der Waals surface area contributed by atoms with Crippen LogP contribution in [0.5, 0.6) is 11.8 Å². The Morgan fingerprint density at radius 1 is 1.29 bits per heavy atom. The number of nitrogens with one attached hydrogen (secondary N) is 2. The number of carbonyl (C=O) groups is 1. The zero-order chi connectivity index (χ0) is 26.6. The van der Waals surface area contributed by atoms with Gasteiger partial charge in [-0.1, -0.05) is 25.5 Å². The highest BCUT2D eigenvalue weighted by Gasteiger charge is 2.36. The molecule has 1 aliphatic heterocycles. The number of hydrogen-bond acceptors (Lipinski definition) is 9. The van der Waals surface area contributed by atoms with E-state index >= 15 is 0 Å². The maximum atomic E-state index is 12.3. The zero-order valence-corrected chi connectivity index (χ0v) is 22.1. The summed E-state index contributed by atoms with van der Waals surface area (Å²) in [5.41, 5.74) is 10.2. The van der Waals surface area contributed by atoms with Crippen LogP contribution in [0, 0.1) is 5.92 Å². The molecule has 2 aliphatic rings. The summed E-state index contributed by atoms with van der Waals surface area (Å²) in [5, 5.41) is 20.5. The molecule has 11 nitrogen and oxygen atoms in total. The summed E-state index contributed by atoms with van der Waals surface area (Å²) >= 11 is 0. The molecule has 2 atom stereocenters. The first-order valence-electron chi connectivity index (χ1n) is 13.4. The molecular weight excluding hydrogens is 486 g/mol. The van der Waals surface area contributed by atoms with Crippen molar-refractivity contribution in [2.75, 3.05) is 32.5 Å². The molecule has 3 heterocycles. The first kappa shape index (κ1) is 26.2. The third kappa shape index (κ3) is 5.99. The smallest absolute Gasteiger partial charge is 0.319 e. The maximum absolute atomic E-state index is 12.3. The predicted molar refractivity (Wildman–Crippen MR) is 143 cm³/mol. The summed E-state index contributed by atoms with van der Waals surface area (Å²) in [4.78, 5) is 23.3. The fourth-order valence-electron chi connectivity index (χ4n) is 4.93. The molecule has 38 heavy (non-hydrogen) atoms. The second-order valence-corrected chi connectivity index (χ2v) is 10.3. The van der Waals surface area contributed by atoms with Crippen LogP contribution < -0.4 is 20.5 Å². The zero-order valence-electron chi connectivity index (χ0n) is 22.1. The molecule has 2 fully saturated rings. The van der Waals surface area contributed by atoms with Crippen LogP contribution in [0.2, 0.25) is 0 Å². The molecule has 5 rings (SSSR count). The normalized spacial score (nSPS) is 18.6. The number of H-pyrrole nitrogens is 1. The third-order valence-electron chi connectivity index (χ3n) is 7.29. The minimum Gasteiger partial charge on any atom is -0.496 e. The number of aliphatic hydroxyl groups excluding tert-OH is 1. The molecule has 2 aromatic heterocycles. The Hall–Kier alpha value is -3.44. The minimum atomic E-state index is -0.865. The Balaban J connectivity index is 1.23. The molecule has 0 bridgehead atoms. The first-order chi connectivity index (χ1) is 18.4. The van der Waals surface area contributed by atoms with Gasteiger partial charge in [-0.2, -0.15) is 15.1 Å². The maximum Gasteiger partial charge on any atom is 0.319 e. The lowest BCUT2D eigenvalue weighted by Crippen LogP contribution is -2.43. The van der Waals surface area contributed by atoms with Gasteiger partial charge in [0.1, 0.15) is 17.4 Å². The van der Waals surface area contributed by atoms with E-state index in [1.54, 1.807) is 7.11 Å². The summed E-state index contributed by atoms with van der Waals surface area (Å²) in [6, 6.07) is 6.54. The molecule has 1 aliphatic carbocycles. The fourth-order valence-corrected chi connectivity index (χ4v) is 4.93. The Kier molecular flexibility index (Phi) is 7.94. The molecule has 5 N–H and O–H groups in total. The molecule has 1 saturated heterocycles. The van der Waals surface area contributed by atoms with E-state index in [9.17, 15) is 9.90 Å². The van der Waals surface area contributed by atoms with Crippen molar-refractivity contribution >= 4 is 22.8 Å². The van der Waals surface area contributed by atoms with Gasteiger partial charge in [-0.3, -0.25) is 14.8 Å². The Morgan fingerprint density at radius 3 is 2.89 bits per heavy atom. The van der Waals surface area contributed by atoms with E-state index in [-0.39, 0.29) is 29.7 Å². The number of benzene rings is 1. The summed E-state index contributed by atoms with van der Waals surface area (Å²) in [6.07, 6.45) is 4.36. The third-order valence-corrected chi connectivity index (χ3v) is 7.29. The number of aliphatic hydroxyl groups is 1. The van der Waals surface area contributed by atoms with Gasteiger partial charge in [0.15, 0.2) is 11.3 Å². The topological polar surface area (TPSA) is 152 Å². The molecule has 1 amide bonds. The van der Waals surface area contributed by atoms with Crippen LogP contribution >= 0.6 is 0 Å². The van der Waals surface area contributed by atoms with Gasteiger partial charge in [-0.15, -0.1) is 0 Å². The SMILES string of the molecule is CCCCOc1nc(N)c2n[nH]c(Cc3ccc(CN4CC[C@H](NC(=O)C(O)C5CC5)C4)cc3OC)c2n1. The molecule has 204 valence electrons. The first-order valence-corrected chi connectivity index (χ1v) is 13.4. The van der Waals surface area contributed by atoms with Gasteiger partial charge in [-0.25, -0.2) is 0 Å². The number of fused-ring (bicyclic) bond motifs is 1. The number of nitrogens with two attached hydrogens (primary N) is 1. The number of nitrogen functional groups attached to an aromatic ring is 1. The number of aromatic nitrogens is 4. The van der Waals surface area contributed by atoms with Crippen LogP contribution in [0.1, 0.15) is 55.8 Å². The lowest BCUT2D eigenvalue weighted by molar-refractivity contribution is -0.131. The van der Waals surface area contributed by atoms with E-state index in [4.69, 9.17) is 15.2 Å². The van der Waals surface area contributed by atoms with Gasteiger partial charge < -0.3 is 25.6 Å². The Bertz CT molecular complexity index is 1280. The van der Waals surface area contributed by atoms with Crippen molar-refractivity contribution in [2.24, 2.45) is 5.92 Å². The van der Waals surface area contributed by atoms with Crippen LogP contribution in [0.15, 0.2) is 18.2 Å². The molecule has 3 aromatic rings. The number of anilines is 1. The molecule has 0 spiro atoms. The number of amides is 1. The minimum absolute atomic E-state index is 0.0657. The summed E-state index contributed by atoms with van der Waals surface area (Å²) in [5.74, 6) is 0.976. The van der Waals surface area contributed by atoms with Gasteiger partial charge >= 0.3 is 6.01 Å². The van der Waals surface area contributed by atoms with Gasteiger partial charge in [-0.05, 0) is 43.2 Å². The van der Waals surface area contributed by atoms with Crippen molar-refractivity contribution in [1.29, 1.82) is 0 Å². The molecule has 1 aromatic carbocycles. The number of likely N-dealkylation sites (tertiary alicyclic amines) is 1. The monoisotopic (exact) mass is 523 g/mol. The number of carbonyl (C=O) groups excluding carboxylic acids is 1. The fraction of sp³-hybridized carbons (Fsp3) is 0.556. The highest BCUT2D eigenvalue weighted by atomic mass is 16.5. The van der Waals surface area contributed by atoms with Crippen molar-refractivity contribution in [2.45, 2.75) is 64.1 Å². The van der Waals surface area contributed by atoms with Crippen molar-refractivity contribution in [1.82, 2.24) is 30.4 Å². The lowest BCUT2D eigenvalue weighted by Gasteiger charge is -2.19. The van der Waals surface area contributed by atoms with Gasteiger partial charge in [0.05, 0.1) is 19.4 Å². The summed E-state index contributed by atoms with van der Waals surface area (Å²) in [7, 11) is 1.67. The number of hydrogen-bond donors (Lipinski definition) is 4. The van der Waals surface area contributed by atoms with Crippen LogP contribution in [-0.2, 0) is 17.8 Å². The average Bonchev–Trinajstić information content (AvgIpc) is 3.55. The Morgan fingerprint density at radius 2 is 2.13 bits per heavy atom. The largest absolute Gasteiger partial charge is 0.496 e. The lowest BCUT2D eigenvalue weighted by atomic mass is 10.0. The van der Waals surface area contributed by atoms with Crippen LogP contribution in [-0.4, -0.2) is 75.0 Å². The summed E-state index contributed by atoms with van der Waals surface area (Å²) < 4.78 is 11.4. The Labute approximate surface area is 222 Å². The van der Waals surface area contributed by atoms with Gasteiger partial charge in [0, 0.05) is 37.7 Å². The highest BCUT2D eigenvalue weighted by molar-refractivity contribution is 5.86. The van der Waals surface area contributed by atoms with E-state index < -0.39 is 6.10 Å². The second-order valence-electron chi connectivity index (χ2n) is 10.3. The van der Waals surface area contributed by atoms with Crippen LogP contribution in [0.4, 0.5) is 5.82 Å². The van der Waals surface area contributed by atoms with Crippen molar-refractivity contribution in [3.63, 3.8) is 0 Å². The number of ether oxygens (including phenoxy) is 2. The molecule has 1 unspecified atom stereocenters. The number of nitrogens with zero attached hydrogens (tertiary/aromatic N) is 4. The summed E-state index contributed by atoms with van der Waals surface area (Å²) in [6.45, 7) is 5.04. The second kappa shape index (κ2) is 11.5. The van der Waals surface area contributed by atoms with E-state index in [2.05, 4.69) is 55.5 Å². The molecule has 11 heteroatoms. The highest BCUT2D eigenvalue weighted by Crippen LogP contribution is 2.33. The quantitative estimate of drug-likeness (QED) is 0.262. The van der Waals surface area contributed by atoms with Crippen molar-refractivity contribution in [3.8, 4) is 11.8 Å². The number of methoxy groups -OCH3 is 1. The average molecular weight is 524 g/mol. The van der Waals surface area contributed by atoms with Crippen molar-refractivity contribution < 1.29 is 19.4 Å². The number of rotatable bonds is 12. The van der Waals surface area contributed by atoms with Crippen LogP contribution in [0.25, 0.3) is 11.0 Å². The molecule has 0 radical (unpaired) electrons. The van der Waals surface area contributed by atoms with Gasteiger partial charge in [0.2, 0.25) is 5.91 Å².